The minimum atomic E-state index is -4.48. The van der Waals surface area contributed by atoms with Crippen LogP contribution in [0.3, 0.4) is 0 Å². The molecule has 1 radical (unpaired) electrons. The summed E-state index contributed by atoms with van der Waals surface area (Å²) in [6.07, 6.45) is -4.48. The van der Waals surface area contributed by atoms with E-state index in [1.54, 1.807) is 0 Å². The first-order valence-electron chi connectivity index (χ1n) is 16.2. The molecule has 0 N–H and O–H groups in total. The third-order valence-electron chi connectivity index (χ3n) is 9.37. The molecule has 0 saturated carbocycles. The van der Waals surface area contributed by atoms with Gasteiger partial charge < -0.3 is 0 Å². The van der Waals surface area contributed by atoms with E-state index in [-0.39, 0.29) is 20.1 Å². The van der Waals surface area contributed by atoms with Crippen molar-refractivity contribution in [3.8, 4) is 0 Å². The second kappa shape index (κ2) is 15.1. The first-order valence-corrected chi connectivity index (χ1v) is 22.0. The van der Waals surface area contributed by atoms with Crippen molar-refractivity contribution in [3.05, 3.63) is 210 Å². The molecule has 0 spiro atoms. The Morgan fingerprint density at radius 3 is 1.24 bits per heavy atom. The monoisotopic (exact) mass is 830 g/mol. The summed E-state index contributed by atoms with van der Waals surface area (Å²) in [5.41, 5.74) is 2.15. The summed E-state index contributed by atoms with van der Waals surface area (Å²) in [4.78, 5) is 0. The maximum atomic E-state index is 9.27. The van der Waals surface area contributed by atoms with Crippen LogP contribution in [0.15, 0.2) is 194 Å². The molecule has 50 heavy (non-hydrogen) atoms. The molecule has 251 valence electrons. The number of hydrogen-bond donors (Lipinski definition) is 0. The van der Waals surface area contributed by atoms with Gasteiger partial charge >= 0.3 is 307 Å². The van der Waals surface area contributed by atoms with Crippen molar-refractivity contribution in [3.63, 3.8) is 0 Å². The van der Waals surface area contributed by atoms with Gasteiger partial charge in [0.15, 0.2) is 0 Å². The van der Waals surface area contributed by atoms with E-state index in [4.69, 9.17) is 23.2 Å². The molecular weight excluding hydrogens is 797 g/mol. The molecule has 0 aliphatic heterocycles. The molecule has 0 fully saturated rings. The van der Waals surface area contributed by atoms with E-state index in [1.165, 1.54) is 15.9 Å². The van der Waals surface area contributed by atoms with Gasteiger partial charge in [0, 0.05) is 20.1 Å². The van der Waals surface area contributed by atoms with Gasteiger partial charge in [0.25, 0.3) is 0 Å². The topological polar surface area (TPSA) is 3.24 Å². The third kappa shape index (κ3) is 5.87. The molecule has 0 amide bonds. The van der Waals surface area contributed by atoms with Gasteiger partial charge in [-0.2, -0.15) is 0 Å². The number of hydrogen-bond acceptors (Lipinski definition) is 1. The zero-order chi connectivity index (χ0) is 33.9. The van der Waals surface area contributed by atoms with E-state index in [9.17, 15) is 11.2 Å². The minimum absolute atomic E-state index is 0. The van der Waals surface area contributed by atoms with Crippen LogP contribution in [0.4, 0.5) is 5.69 Å². The smallest absolute Gasteiger partial charge is 0 e. The van der Waals surface area contributed by atoms with Gasteiger partial charge in [-0.3, -0.25) is 0 Å². The van der Waals surface area contributed by atoms with Crippen LogP contribution < -0.4 is 36.3 Å². The Morgan fingerprint density at radius 1 is 0.460 bits per heavy atom. The van der Waals surface area contributed by atoms with Crippen LogP contribution in [0.1, 0.15) is 5.56 Å². The molecule has 0 unspecified atom stereocenters. The van der Waals surface area contributed by atoms with Crippen molar-refractivity contribution in [2.45, 2.75) is 6.92 Å². The average molecular weight is 833 g/mol. The van der Waals surface area contributed by atoms with Crippen LogP contribution in [0.25, 0.3) is 0 Å². The Balaban J connectivity index is 0.00000432. The molecule has 7 aromatic carbocycles. The van der Waals surface area contributed by atoms with Crippen LogP contribution in [0.2, 0.25) is 10.0 Å². The van der Waals surface area contributed by atoms with E-state index >= 15 is 0 Å². The van der Waals surface area contributed by atoms with E-state index in [0.29, 0.717) is 10.0 Å². The summed E-state index contributed by atoms with van der Waals surface area (Å²) in [6, 6.07) is 68.4. The number of nitrogens with zero attached hydrogens (tertiary/aromatic N) is 1. The van der Waals surface area contributed by atoms with Crippen molar-refractivity contribution in [1.82, 2.24) is 0 Å². The van der Waals surface area contributed by atoms with Crippen LogP contribution >= 0.6 is 48.0 Å². The standard InChI is InChI=1S/C43H36Cl3NP2.Tc/c1-34-30-32-35(33-31-34)47(48(36-18-7-2-8-19-36,37-20-9-3-10-21-37)38-22-11-4-12-23-38)49(46,39-24-13-5-14-25-39,40-26-15-6-16-27-40)42-29-17-28-41(44)43(42)45;/h2-33,48H,1H3;. The molecule has 0 saturated heterocycles. The van der Waals surface area contributed by atoms with Gasteiger partial charge in [0.05, 0.1) is 0 Å². The van der Waals surface area contributed by atoms with Crippen LogP contribution in [-0.2, 0) is 20.1 Å². The van der Waals surface area contributed by atoms with E-state index in [1.807, 2.05) is 24.3 Å². The molecule has 7 heteroatoms. The predicted molar refractivity (Wildman–Crippen MR) is 221 cm³/mol. The molecule has 0 aliphatic carbocycles. The second-order valence-electron chi connectivity index (χ2n) is 12.2. The summed E-state index contributed by atoms with van der Waals surface area (Å²) >= 11 is 23.8. The van der Waals surface area contributed by atoms with Gasteiger partial charge in [-0.05, 0) is 0 Å². The maximum absolute atomic E-state index is 9.27. The summed E-state index contributed by atoms with van der Waals surface area (Å²) in [7, 11) is -3.45. The molecular formula is C43H36Cl3NP2Tc. The summed E-state index contributed by atoms with van der Waals surface area (Å²) in [6.45, 7) is 2.12. The van der Waals surface area contributed by atoms with Crippen molar-refractivity contribution in [2.75, 3.05) is 4.44 Å². The van der Waals surface area contributed by atoms with Gasteiger partial charge in [-0.25, -0.2) is 0 Å². The number of aryl methyl sites for hydroxylation is 1. The van der Waals surface area contributed by atoms with Crippen molar-refractivity contribution in [1.29, 1.82) is 0 Å². The fraction of sp³-hybridized carbons (Fsp3) is 0.0233. The van der Waals surface area contributed by atoms with Crippen LogP contribution in [0, 0.1) is 6.92 Å². The van der Waals surface area contributed by atoms with Crippen LogP contribution in [-0.4, -0.2) is 0 Å². The molecule has 7 rings (SSSR count). The summed E-state index contributed by atoms with van der Waals surface area (Å²) in [5, 5.41) is 7.18. The molecule has 0 heterocycles. The number of halogens is 3. The van der Waals surface area contributed by atoms with E-state index < -0.39 is 13.5 Å². The average Bonchev–Trinajstić information content (AvgIpc) is 3.17. The van der Waals surface area contributed by atoms with Crippen LogP contribution in [0.5, 0.6) is 0 Å². The Kier molecular flexibility index (Phi) is 11.1. The molecule has 7 aromatic rings. The Labute approximate surface area is 324 Å². The molecule has 0 atom stereocenters. The second-order valence-corrected chi connectivity index (χ2v) is 22.7. The summed E-state index contributed by atoms with van der Waals surface area (Å²) < 4.78 is 2.64. The minimum Gasteiger partial charge on any atom is 0 e. The number of rotatable bonds is 9. The normalized spacial score (nSPS) is 12.6. The Morgan fingerprint density at radius 2 is 0.840 bits per heavy atom. The van der Waals surface area contributed by atoms with Crippen molar-refractivity contribution >= 4 is 85.5 Å². The van der Waals surface area contributed by atoms with Crippen molar-refractivity contribution < 1.29 is 20.1 Å². The molecule has 0 aromatic heterocycles. The largest absolute Gasteiger partial charge is 0 e. The van der Waals surface area contributed by atoms with Crippen molar-refractivity contribution in [2.24, 2.45) is 0 Å². The first kappa shape index (κ1) is 36.5. The van der Waals surface area contributed by atoms with Gasteiger partial charge in [0.1, 0.15) is 0 Å². The zero-order valence-corrected chi connectivity index (χ0v) is 33.4. The van der Waals surface area contributed by atoms with Gasteiger partial charge in [-0.15, -0.1) is 0 Å². The molecule has 0 bridgehead atoms. The number of anilines is 1. The van der Waals surface area contributed by atoms with Gasteiger partial charge in [-0.1, -0.05) is 0 Å². The summed E-state index contributed by atoms with van der Waals surface area (Å²) in [5.74, 6) is 0. The first-order chi connectivity index (χ1) is 23.9. The Bertz CT molecular complexity index is 2040. The molecule has 1 nitrogen and oxygen atoms in total. The molecule has 0 aliphatic rings. The SMILES string of the molecule is Cc1ccc(N([PH](c2ccccc2)(c2ccccc2)c2ccccc2)P(Cl)(c2ccccc2)(c2ccccc2)c2cccc(Cl)c2Cl)cc1.[Tc]. The quantitative estimate of drug-likeness (QED) is 0.131. The zero-order valence-electron chi connectivity index (χ0n) is 27.4. The maximum Gasteiger partial charge on any atom is 0 e. The third-order valence-corrected chi connectivity index (χ3v) is 24.1. The van der Waals surface area contributed by atoms with E-state index in [0.717, 1.165) is 27.2 Å². The predicted octanol–water partition coefficient (Wildman–Crippen LogP) is 10.3. The Hall–Kier alpha value is -3.28. The van der Waals surface area contributed by atoms with E-state index in [2.05, 4.69) is 181 Å². The number of benzene rings is 7. The fourth-order valence-electron chi connectivity index (χ4n) is 7.26. The van der Waals surface area contributed by atoms with Gasteiger partial charge in [0.2, 0.25) is 0 Å². The fourth-order valence-corrected chi connectivity index (χ4v) is 23.6.